The van der Waals surface area contributed by atoms with Gasteiger partial charge in [-0.05, 0) is 25.0 Å². The van der Waals surface area contributed by atoms with Crippen molar-refractivity contribution in [3.8, 4) is 0 Å². The van der Waals surface area contributed by atoms with Gasteiger partial charge in [0.1, 0.15) is 0 Å². The Hall–Kier alpha value is -1.71. The van der Waals surface area contributed by atoms with Crippen molar-refractivity contribution in [2.24, 2.45) is 15.0 Å². The third kappa shape index (κ3) is 7.73. The van der Waals surface area contributed by atoms with Crippen molar-refractivity contribution in [2.75, 3.05) is 0 Å². The van der Waals surface area contributed by atoms with E-state index in [4.69, 9.17) is 25.2 Å². The summed E-state index contributed by atoms with van der Waals surface area (Å²) in [4.78, 5) is 14.1. The number of hydrogen-bond donors (Lipinski definition) is 0. The average molecular weight is 456 g/mol. The van der Waals surface area contributed by atoms with Crippen LogP contribution in [0.25, 0.3) is 0 Å². The molecule has 0 radical (unpaired) electrons. The molecule has 1 aliphatic heterocycles. The fourth-order valence-electron chi connectivity index (χ4n) is 2.65. The van der Waals surface area contributed by atoms with Gasteiger partial charge in [0.15, 0.2) is 0 Å². The van der Waals surface area contributed by atoms with Crippen molar-refractivity contribution in [1.29, 1.82) is 0 Å². The summed E-state index contributed by atoms with van der Waals surface area (Å²) in [6.07, 6.45) is 2.97. The van der Waals surface area contributed by atoms with Crippen molar-refractivity contribution >= 4 is 37.3 Å². The van der Waals surface area contributed by atoms with Crippen LogP contribution in [-0.4, -0.2) is 17.1 Å². The predicted molar refractivity (Wildman–Crippen MR) is 118 cm³/mol. The Labute approximate surface area is 181 Å². The van der Waals surface area contributed by atoms with Crippen molar-refractivity contribution in [1.82, 2.24) is 0 Å². The summed E-state index contributed by atoms with van der Waals surface area (Å²) in [6.45, 7) is 5.45. The van der Waals surface area contributed by atoms with Crippen LogP contribution in [0.4, 0.5) is 0 Å². The molecule has 3 rings (SSSR count). The van der Waals surface area contributed by atoms with Crippen molar-refractivity contribution < 1.29 is 13.1 Å². The molecule has 1 aliphatic rings. The fourth-order valence-corrected chi connectivity index (χ4v) is 2.65. The summed E-state index contributed by atoms with van der Waals surface area (Å²) in [5, 5.41) is 0. The Bertz CT molecular complexity index is 860. The van der Waals surface area contributed by atoms with Gasteiger partial charge >= 0.3 is 33.3 Å². The molecular weight excluding hydrogens is 433 g/mol. The van der Waals surface area contributed by atoms with Gasteiger partial charge in [-0.2, -0.15) is 0 Å². The molecule has 2 aromatic carbocycles. The molecule has 0 atom stereocenters. The zero-order chi connectivity index (χ0) is 20.2. The number of aliphatic imine (C=N–C) groups is 3. The number of benzene rings is 2. The Morgan fingerprint density at radius 1 is 0.857 bits per heavy atom. The van der Waals surface area contributed by atoms with Crippen LogP contribution in [0.3, 0.4) is 0 Å². The quantitative estimate of drug-likeness (QED) is 0.356. The van der Waals surface area contributed by atoms with Crippen LogP contribution in [-0.2, 0) is 26.2 Å². The van der Waals surface area contributed by atoms with E-state index in [1.165, 1.54) is 11.1 Å². The molecule has 0 fully saturated rings. The molecule has 3 nitrogen and oxygen atoms in total. The van der Waals surface area contributed by atoms with E-state index in [-0.39, 0.29) is 13.1 Å². The number of hydrogen-bond acceptors (Lipinski definition) is 3. The van der Waals surface area contributed by atoms with Crippen LogP contribution < -0.4 is 0 Å². The molecule has 0 aliphatic carbocycles. The van der Waals surface area contributed by atoms with Gasteiger partial charge in [0.25, 0.3) is 0 Å². The van der Waals surface area contributed by atoms with Gasteiger partial charge in [-0.25, -0.2) is 4.99 Å². The van der Waals surface area contributed by atoms with E-state index < -0.39 is 0 Å². The molecule has 28 heavy (non-hydrogen) atoms. The minimum atomic E-state index is 0.194. The first kappa shape index (κ1) is 22.6. The molecule has 148 valence electrons. The Balaban J connectivity index is 0.000000878. The molecular formula is C22H23Cl2FeN3. The zero-order valence-corrected chi connectivity index (χ0v) is 18.5. The number of halogens is 2. The number of allylic oxidation sites excluding steroid dienone is 2. The van der Waals surface area contributed by atoms with Gasteiger partial charge in [0, 0.05) is 6.42 Å². The van der Waals surface area contributed by atoms with Crippen molar-refractivity contribution in [2.45, 2.75) is 33.4 Å². The fraction of sp³-hybridized carbons (Fsp3) is 0.227. The summed E-state index contributed by atoms with van der Waals surface area (Å²) in [7, 11) is 9.53. The molecule has 0 saturated heterocycles. The van der Waals surface area contributed by atoms with E-state index in [9.17, 15) is 0 Å². The maximum atomic E-state index is 4.76. The van der Waals surface area contributed by atoms with E-state index in [1.54, 1.807) is 0 Å². The molecule has 0 amide bonds. The van der Waals surface area contributed by atoms with E-state index in [0.29, 0.717) is 13.1 Å². The molecule has 1 heterocycles. The molecule has 0 unspecified atom stereocenters. The summed E-state index contributed by atoms with van der Waals surface area (Å²) in [6, 6.07) is 20.6. The number of nitrogens with zero attached hydrogens (tertiary/aromatic N) is 3. The second-order valence-corrected chi connectivity index (χ2v) is 8.00. The predicted octanol–water partition coefficient (Wildman–Crippen LogP) is 6.41. The van der Waals surface area contributed by atoms with Crippen molar-refractivity contribution in [3.05, 3.63) is 83.6 Å². The Kier molecular flexibility index (Phi) is 10.2. The van der Waals surface area contributed by atoms with E-state index in [0.717, 1.165) is 29.3 Å². The second kappa shape index (κ2) is 12.7. The molecule has 0 aromatic heterocycles. The first-order valence-corrected chi connectivity index (χ1v) is 11.9. The Morgan fingerprint density at radius 2 is 1.32 bits per heavy atom. The molecule has 6 heteroatoms. The summed E-state index contributed by atoms with van der Waals surface area (Å²) >= 11 is 0.194. The van der Waals surface area contributed by atoms with Gasteiger partial charge in [0.05, 0.1) is 35.9 Å². The third-order valence-corrected chi connectivity index (χ3v) is 4.22. The van der Waals surface area contributed by atoms with Gasteiger partial charge in [-0.1, -0.05) is 66.7 Å². The first-order chi connectivity index (χ1) is 13.6. The van der Waals surface area contributed by atoms with Crippen LogP contribution in [0.2, 0.25) is 0 Å². The van der Waals surface area contributed by atoms with Crippen LogP contribution in [0.5, 0.6) is 0 Å². The van der Waals surface area contributed by atoms with Crippen LogP contribution in [0, 0.1) is 0 Å². The standard InChI is InChI=1S/C22H23N3.2ClH.Fe/c1-17(23-15-19-9-5-3-6-10-19)21-13-14-22(25-21)18(2)24-16-20-11-7-4-8-12-20;;;/h3-13H,14-16H2,1-2H3;2*1H;/q;;;+2/p-2. The normalized spacial score (nSPS) is 14.3. The molecule has 0 saturated carbocycles. The topological polar surface area (TPSA) is 37.1 Å². The monoisotopic (exact) mass is 455 g/mol. The first-order valence-electron chi connectivity index (χ1n) is 8.87. The molecule has 0 bridgehead atoms. The van der Waals surface area contributed by atoms with Gasteiger partial charge < -0.3 is 0 Å². The van der Waals surface area contributed by atoms with Gasteiger partial charge in [-0.15, -0.1) is 0 Å². The summed E-state index contributed by atoms with van der Waals surface area (Å²) in [5.74, 6) is 0. The van der Waals surface area contributed by atoms with Crippen LogP contribution >= 0.6 is 20.2 Å². The van der Waals surface area contributed by atoms with Crippen LogP contribution in [0.15, 0.2) is 87.4 Å². The minimum absolute atomic E-state index is 0.194. The molecule has 2 aromatic rings. The average Bonchev–Trinajstić information content (AvgIpc) is 3.23. The van der Waals surface area contributed by atoms with Gasteiger partial charge in [0.2, 0.25) is 0 Å². The summed E-state index contributed by atoms with van der Waals surface area (Å²) in [5.41, 5.74) is 6.43. The maximum absolute atomic E-state index is 4.76. The third-order valence-electron chi connectivity index (χ3n) is 4.22. The van der Waals surface area contributed by atoms with Crippen LogP contribution in [0.1, 0.15) is 31.4 Å². The molecule has 0 spiro atoms. The Morgan fingerprint density at radius 3 is 1.82 bits per heavy atom. The van der Waals surface area contributed by atoms with E-state index >= 15 is 0 Å². The van der Waals surface area contributed by atoms with E-state index in [2.05, 4.69) is 40.3 Å². The second-order valence-electron chi connectivity index (χ2n) is 6.18. The molecule has 0 N–H and O–H groups in total. The SMILES string of the molecule is CC(=NCc1ccccc1)C1=CCC(C(C)=NCc2ccccc2)=N1.[Cl][Fe][Cl]. The van der Waals surface area contributed by atoms with Crippen molar-refractivity contribution in [3.63, 3.8) is 0 Å². The number of rotatable bonds is 6. The van der Waals surface area contributed by atoms with Gasteiger partial charge in [-0.3, -0.25) is 9.98 Å². The zero-order valence-electron chi connectivity index (χ0n) is 15.9. The van der Waals surface area contributed by atoms with E-state index in [1.807, 2.05) is 50.2 Å². The summed E-state index contributed by atoms with van der Waals surface area (Å²) < 4.78 is 0.